The lowest BCUT2D eigenvalue weighted by Gasteiger charge is -2.33. The third kappa shape index (κ3) is 5.40. The summed E-state index contributed by atoms with van der Waals surface area (Å²) in [5.41, 5.74) is 1.13. The molecule has 0 spiro atoms. The van der Waals surface area contributed by atoms with Gasteiger partial charge in [-0.05, 0) is 30.9 Å². The number of hydrogen-bond acceptors (Lipinski definition) is 5. The lowest BCUT2D eigenvalue weighted by atomic mass is 9.98. The second-order valence-electron chi connectivity index (χ2n) is 6.54. The first-order chi connectivity index (χ1) is 11.8. The van der Waals surface area contributed by atoms with E-state index in [1.54, 1.807) is 12.7 Å². The molecule has 1 saturated heterocycles. The van der Waals surface area contributed by atoms with E-state index in [0.29, 0.717) is 25.7 Å². The summed E-state index contributed by atoms with van der Waals surface area (Å²) in [5, 5.41) is 14.4. The van der Waals surface area contributed by atoms with Crippen LogP contribution in [0.25, 0.3) is 0 Å². The van der Waals surface area contributed by atoms with E-state index >= 15 is 0 Å². The molecule has 24 heavy (non-hydrogen) atoms. The van der Waals surface area contributed by atoms with Crippen molar-refractivity contribution < 1.29 is 9.84 Å². The second kappa shape index (κ2) is 8.92. The van der Waals surface area contributed by atoms with E-state index in [0.717, 1.165) is 31.6 Å². The third-order valence-electron chi connectivity index (χ3n) is 4.41. The summed E-state index contributed by atoms with van der Waals surface area (Å²) in [6, 6.07) is 10.1. The summed E-state index contributed by atoms with van der Waals surface area (Å²) in [5.74, 6) is 0.567. The minimum Gasteiger partial charge on any atom is -0.389 e. The number of aromatic nitrogens is 3. The number of β-amino-alcohol motifs (C(OH)–C–C–N with tert-alkyl or cyclic N) is 1. The smallest absolute Gasteiger partial charge is 0.137 e. The highest BCUT2D eigenvalue weighted by atomic mass is 16.5. The molecule has 0 aliphatic carbocycles. The van der Waals surface area contributed by atoms with Crippen molar-refractivity contribution in [2.45, 2.75) is 32.1 Å². The summed E-state index contributed by atoms with van der Waals surface area (Å²) in [4.78, 5) is 6.33. The van der Waals surface area contributed by atoms with E-state index in [9.17, 15) is 5.11 Å². The summed E-state index contributed by atoms with van der Waals surface area (Å²) in [6.45, 7) is 4.53. The summed E-state index contributed by atoms with van der Waals surface area (Å²) < 4.78 is 7.53. The monoisotopic (exact) mass is 330 g/mol. The van der Waals surface area contributed by atoms with Crippen LogP contribution in [0.5, 0.6) is 0 Å². The maximum atomic E-state index is 10.2. The van der Waals surface area contributed by atoms with Crippen molar-refractivity contribution in [1.82, 2.24) is 19.7 Å². The van der Waals surface area contributed by atoms with Gasteiger partial charge in [-0.3, -0.25) is 4.68 Å². The normalized spacial score (nSPS) is 20.1. The molecule has 2 atom stereocenters. The summed E-state index contributed by atoms with van der Waals surface area (Å²) >= 11 is 0. The topological polar surface area (TPSA) is 63.4 Å². The first-order valence-corrected chi connectivity index (χ1v) is 8.64. The number of nitrogens with zero attached hydrogens (tertiary/aromatic N) is 4. The van der Waals surface area contributed by atoms with Crippen LogP contribution in [0.4, 0.5) is 0 Å². The van der Waals surface area contributed by atoms with Crippen LogP contribution in [0.1, 0.15) is 18.4 Å². The average molecular weight is 330 g/mol. The molecule has 0 saturated carbocycles. The van der Waals surface area contributed by atoms with Gasteiger partial charge in [0.2, 0.25) is 0 Å². The van der Waals surface area contributed by atoms with E-state index in [1.165, 1.54) is 6.42 Å². The number of ether oxygens (including phenoxy) is 1. The van der Waals surface area contributed by atoms with Gasteiger partial charge in [0.05, 0.1) is 19.3 Å². The number of piperidine rings is 1. The highest BCUT2D eigenvalue weighted by Gasteiger charge is 2.22. The van der Waals surface area contributed by atoms with Crippen LogP contribution in [0.15, 0.2) is 43.0 Å². The Hall–Kier alpha value is -1.76. The minimum absolute atomic E-state index is 0.374. The van der Waals surface area contributed by atoms with Crippen molar-refractivity contribution in [2.75, 3.05) is 26.2 Å². The van der Waals surface area contributed by atoms with Gasteiger partial charge >= 0.3 is 0 Å². The molecule has 0 bridgehead atoms. The zero-order valence-corrected chi connectivity index (χ0v) is 14.0. The number of rotatable bonds is 8. The zero-order chi connectivity index (χ0) is 16.6. The standard InChI is InChI=1S/C18H26N4O2/c23-18(13-24-12-16-5-2-1-3-6-16)11-21-8-4-7-17(9-21)10-22-15-19-14-20-22/h1-3,5-6,14-15,17-18,23H,4,7-13H2/t17-,18+/m0/s1. The molecule has 1 fully saturated rings. The molecule has 0 amide bonds. The van der Waals surface area contributed by atoms with Crippen LogP contribution in [-0.2, 0) is 17.9 Å². The van der Waals surface area contributed by atoms with Crippen molar-refractivity contribution in [3.8, 4) is 0 Å². The Balaban J connectivity index is 1.36. The molecule has 0 radical (unpaired) electrons. The predicted octanol–water partition coefficient (Wildman–Crippen LogP) is 1.57. The molecule has 2 heterocycles. The van der Waals surface area contributed by atoms with Gasteiger partial charge in [0, 0.05) is 19.6 Å². The molecule has 3 rings (SSSR count). The Morgan fingerprint density at radius 1 is 1.29 bits per heavy atom. The fourth-order valence-electron chi connectivity index (χ4n) is 3.30. The minimum atomic E-state index is -0.446. The molecular weight excluding hydrogens is 304 g/mol. The molecule has 6 nitrogen and oxygen atoms in total. The van der Waals surface area contributed by atoms with Gasteiger partial charge in [-0.1, -0.05) is 30.3 Å². The van der Waals surface area contributed by atoms with E-state index < -0.39 is 6.10 Å². The van der Waals surface area contributed by atoms with Crippen molar-refractivity contribution >= 4 is 0 Å². The fraction of sp³-hybridized carbons (Fsp3) is 0.556. The largest absolute Gasteiger partial charge is 0.389 e. The molecule has 1 N–H and O–H groups in total. The summed E-state index contributed by atoms with van der Waals surface area (Å²) in [6.07, 6.45) is 5.27. The number of hydrogen-bond donors (Lipinski definition) is 1. The van der Waals surface area contributed by atoms with Crippen LogP contribution >= 0.6 is 0 Å². The van der Waals surface area contributed by atoms with Crippen molar-refractivity contribution in [1.29, 1.82) is 0 Å². The third-order valence-corrected chi connectivity index (χ3v) is 4.41. The van der Waals surface area contributed by atoms with Crippen LogP contribution in [0.2, 0.25) is 0 Å². The lowest BCUT2D eigenvalue weighted by Crippen LogP contribution is -2.42. The quantitative estimate of drug-likeness (QED) is 0.796. The van der Waals surface area contributed by atoms with Gasteiger partial charge in [-0.2, -0.15) is 5.10 Å². The number of likely N-dealkylation sites (tertiary alicyclic amines) is 1. The molecule has 1 aromatic heterocycles. The number of aliphatic hydroxyl groups excluding tert-OH is 1. The van der Waals surface area contributed by atoms with Crippen molar-refractivity contribution in [3.63, 3.8) is 0 Å². The van der Waals surface area contributed by atoms with Crippen LogP contribution in [-0.4, -0.2) is 57.1 Å². The molecule has 2 aromatic rings. The van der Waals surface area contributed by atoms with Gasteiger partial charge in [0.15, 0.2) is 0 Å². The Labute approximate surface area is 143 Å². The van der Waals surface area contributed by atoms with Crippen LogP contribution in [0, 0.1) is 5.92 Å². The molecule has 130 valence electrons. The van der Waals surface area contributed by atoms with Crippen LogP contribution < -0.4 is 0 Å². The highest BCUT2D eigenvalue weighted by molar-refractivity contribution is 5.13. The first kappa shape index (κ1) is 17.1. The van der Waals surface area contributed by atoms with Crippen molar-refractivity contribution in [2.24, 2.45) is 5.92 Å². The highest BCUT2D eigenvalue weighted by Crippen LogP contribution is 2.18. The van der Waals surface area contributed by atoms with E-state index in [-0.39, 0.29) is 0 Å². The second-order valence-corrected chi connectivity index (χ2v) is 6.54. The molecular formula is C18H26N4O2. The Kier molecular flexibility index (Phi) is 6.34. The molecule has 1 aromatic carbocycles. The lowest BCUT2D eigenvalue weighted by molar-refractivity contribution is 0.00214. The number of benzene rings is 1. The van der Waals surface area contributed by atoms with E-state index in [4.69, 9.17) is 4.74 Å². The summed E-state index contributed by atoms with van der Waals surface area (Å²) in [7, 11) is 0. The maximum Gasteiger partial charge on any atom is 0.137 e. The fourth-order valence-corrected chi connectivity index (χ4v) is 3.30. The van der Waals surface area contributed by atoms with E-state index in [1.807, 2.05) is 35.0 Å². The van der Waals surface area contributed by atoms with E-state index in [2.05, 4.69) is 15.0 Å². The molecule has 6 heteroatoms. The first-order valence-electron chi connectivity index (χ1n) is 8.64. The van der Waals surface area contributed by atoms with Gasteiger partial charge in [-0.25, -0.2) is 4.98 Å². The maximum absolute atomic E-state index is 10.2. The SMILES string of the molecule is O[C@@H](COCc1ccccc1)CN1CCC[C@H](Cn2cncn2)C1. The van der Waals surface area contributed by atoms with Gasteiger partial charge in [0.25, 0.3) is 0 Å². The molecule has 0 unspecified atom stereocenters. The Morgan fingerprint density at radius 3 is 2.96 bits per heavy atom. The Bertz CT molecular complexity index is 576. The molecule has 1 aliphatic heterocycles. The molecule has 1 aliphatic rings. The Morgan fingerprint density at radius 2 is 2.17 bits per heavy atom. The van der Waals surface area contributed by atoms with Crippen molar-refractivity contribution in [3.05, 3.63) is 48.5 Å². The van der Waals surface area contributed by atoms with Crippen LogP contribution in [0.3, 0.4) is 0 Å². The average Bonchev–Trinajstić information content (AvgIpc) is 3.09. The van der Waals surface area contributed by atoms with Gasteiger partial charge in [-0.15, -0.1) is 0 Å². The zero-order valence-electron chi connectivity index (χ0n) is 14.0. The number of aliphatic hydroxyl groups is 1. The predicted molar refractivity (Wildman–Crippen MR) is 91.3 cm³/mol. The van der Waals surface area contributed by atoms with Gasteiger partial charge in [0.1, 0.15) is 12.7 Å². The van der Waals surface area contributed by atoms with Gasteiger partial charge < -0.3 is 14.7 Å².